The summed E-state index contributed by atoms with van der Waals surface area (Å²) in [5.74, 6) is 0. The number of hydrogen-bond donors (Lipinski definition) is 0. The Labute approximate surface area is 45.5 Å². The maximum atomic E-state index is 2.00. The normalized spacial score (nSPS) is 2.00. The van der Waals surface area contributed by atoms with E-state index in [2.05, 4.69) is 0 Å². The molecule has 0 nitrogen and oxygen atoms in total. The molecule has 0 N–H and O–H groups in total. The topological polar surface area (TPSA) is 0 Å². The predicted octanol–water partition coefficient (Wildman–Crippen LogP) is 1.29. The van der Waals surface area contributed by atoms with Gasteiger partial charge in [-0.2, -0.15) is 0 Å². The molecule has 0 saturated heterocycles. The minimum absolute atomic E-state index is 0. The second-order valence-corrected chi connectivity index (χ2v) is 0. The van der Waals surface area contributed by atoms with E-state index in [0.717, 1.165) is 0 Å². The Bertz CT molecular complexity index is 5.51. The fourth-order valence-corrected chi connectivity index (χ4v) is 0. The van der Waals surface area contributed by atoms with Crippen LogP contribution in [0.15, 0.2) is 0 Å². The monoisotopic (exact) mass is 82.1 g/mol. The van der Waals surface area contributed by atoms with Crippen molar-refractivity contribution in [3.05, 3.63) is 0 Å². The molecule has 0 aromatic carbocycles. The van der Waals surface area contributed by atoms with Crippen LogP contribution in [-0.2, 0) is 0 Å². The first-order chi connectivity index (χ1) is 2.00. The Morgan fingerprint density at radius 3 is 0.500 bits per heavy atom. The van der Waals surface area contributed by atoms with Crippen molar-refractivity contribution in [1.29, 1.82) is 0 Å². The molecule has 34 valence electrons. The summed E-state index contributed by atoms with van der Waals surface area (Å²) in [4.78, 5) is 0. The first-order valence-corrected chi connectivity index (χ1v) is 2.00. The van der Waals surface area contributed by atoms with Crippen molar-refractivity contribution in [2.24, 2.45) is 0 Å². The van der Waals surface area contributed by atoms with Crippen molar-refractivity contribution in [1.82, 2.24) is 0 Å². The van der Waals surface area contributed by atoms with E-state index in [-0.39, 0.29) is 16.8 Å². The Balaban J connectivity index is -0.00000000500. The van der Waals surface area contributed by atoms with E-state index in [1.54, 1.807) is 0 Å². The summed E-state index contributed by atoms with van der Waals surface area (Å²) in [6.45, 7) is 8.00. The molecule has 0 aliphatic carbocycles. The molecule has 0 heterocycles. The molecular formula is C4H12B2. The van der Waals surface area contributed by atoms with Crippen LogP contribution in [0.25, 0.3) is 0 Å². The van der Waals surface area contributed by atoms with E-state index in [9.17, 15) is 0 Å². The summed E-state index contributed by atoms with van der Waals surface area (Å²) in [5.41, 5.74) is 0. The largest absolute Gasteiger partial charge is 0.0683 e. The van der Waals surface area contributed by atoms with Crippen LogP contribution in [0.2, 0.25) is 0 Å². The highest BCUT2D eigenvalue weighted by molar-refractivity contribution is 5.76. The summed E-state index contributed by atoms with van der Waals surface area (Å²) < 4.78 is 0. The van der Waals surface area contributed by atoms with E-state index < -0.39 is 0 Å². The van der Waals surface area contributed by atoms with Crippen molar-refractivity contribution in [2.45, 2.75) is 27.7 Å². The van der Waals surface area contributed by atoms with E-state index in [1.165, 1.54) is 0 Å². The van der Waals surface area contributed by atoms with Crippen molar-refractivity contribution >= 4 is 16.8 Å². The summed E-state index contributed by atoms with van der Waals surface area (Å²) in [6.07, 6.45) is 0. The zero-order valence-corrected chi connectivity index (χ0v) is 5.15. The maximum Gasteiger partial charge on any atom is 0 e. The Hall–Kier alpha value is 0.130. The van der Waals surface area contributed by atoms with Crippen LogP contribution in [-0.4, -0.2) is 16.8 Å². The SMILES string of the molecule is CC.CC.[B].[B]. The second kappa shape index (κ2) is 5190. The van der Waals surface area contributed by atoms with Gasteiger partial charge in [-0.05, 0) is 0 Å². The smallest absolute Gasteiger partial charge is 0 e. The Morgan fingerprint density at radius 1 is 0.500 bits per heavy atom. The molecule has 0 aromatic rings. The van der Waals surface area contributed by atoms with Gasteiger partial charge in [-0.1, -0.05) is 27.7 Å². The minimum Gasteiger partial charge on any atom is -0.0683 e. The zero-order chi connectivity index (χ0) is 4.00. The predicted molar refractivity (Wildman–Crippen MR) is 34.2 cm³/mol. The van der Waals surface area contributed by atoms with Gasteiger partial charge in [-0.15, -0.1) is 0 Å². The van der Waals surface area contributed by atoms with Gasteiger partial charge >= 0.3 is 0 Å². The summed E-state index contributed by atoms with van der Waals surface area (Å²) >= 11 is 0. The molecule has 6 radical (unpaired) electrons. The molecule has 0 aliphatic heterocycles. The van der Waals surface area contributed by atoms with Gasteiger partial charge < -0.3 is 0 Å². The van der Waals surface area contributed by atoms with Crippen molar-refractivity contribution in [3.8, 4) is 0 Å². The van der Waals surface area contributed by atoms with Gasteiger partial charge in [0.2, 0.25) is 0 Å². The molecule has 0 saturated carbocycles. The molecule has 0 rings (SSSR count). The van der Waals surface area contributed by atoms with Gasteiger partial charge in [0.05, 0.1) is 0 Å². The van der Waals surface area contributed by atoms with Crippen LogP contribution < -0.4 is 0 Å². The number of rotatable bonds is 0. The molecule has 0 aliphatic rings. The zero-order valence-electron chi connectivity index (χ0n) is 5.15. The van der Waals surface area contributed by atoms with E-state index in [4.69, 9.17) is 0 Å². The standard InChI is InChI=1S/2C2H6.2B/c2*1-2;;/h2*1-2H3;;. The highest BCUT2D eigenvalue weighted by Crippen LogP contribution is 1.15. The lowest BCUT2D eigenvalue weighted by Crippen LogP contribution is -0.856. The van der Waals surface area contributed by atoms with Gasteiger partial charge in [-0.3, -0.25) is 0 Å². The third-order valence-corrected chi connectivity index (χ3v) is 0. The van der Waals surface area contributed by atoms with Crippen LogP contribution in [0.4, 0.5) is 0 Å². The molecule has 0 atom stereocenters. The summed E-state index contributed by atoms with van der Waals surface area (Å²) in [6, 6.07) is 0. The highest BCUT2D eigenvalue weighted by Gasteiger charge is 0.934. The van der Waals surface area contributed by atoms with Crippen molar-refractivity contribution in [2.75, 3.05) is 0 Å². The molecule has 0 aromatic heterocycles. The minimum atomic E-state index is 0. The van der Waals surface area contributed by atoms with Crippen LogP contribution >= 0.6 is 0 Å². The fraction of sp³-hybridized carbons (Fsp3) is 1.00. The maximum absolute atomic E-state index is 2.00. The Morgan fingerprint density at radius 2 is 0.500 bits per heavy atom. The van der Waals surface area contributed by atoms with E-state index in [0.29, 0.717) is 0 Å². The average molecular weight is 81.8 g/mol. The summed E-state index contributed by atoms with van der Waals surface area (Å²) in [5, 5.41) is 0. The molecule has 0 amide bonds. The van der Waals surface area contributed by atoms with Crippen LogP contribution in [0.3, 0.4) is 0 Å². The lowest BCUT2D eigenvalue weighted by atomic mass is 10.8. The van der Waals surface area contributed by atoms with Gasteiger partial charge in [0.15, 0.2) is 0 Å². The molecular weight excluding hydrogens is 69.7 g/mol. The average Bonchev–Trinajstić information content (AvgIpc) is 1.50. The molecule has 0 fully saturated rings. The molecule has 0 bridgehead atoms. The van der Waals surface area contributed by atoms with Crippen LogP contribution in [0, 0.1) is 0 Å². The molecule has 2 heteroatoms. The quantitative estimate of drug-likeness (QED) is 0.386. The van der Waals surface area contributed by atoms with Crippen molar-refractivity contribution in [3.63, 3.8) is 0 Å². The van der Waals surface area contributed by atoms with Gasteiger partial charge in [-0.25, -0.2) is 0 Å². The third kappa shape index (κ3) is 2400. The van der Waals surface area contributed by atoms with E-state index in [1.807, 2.05) is 27.7 Å². The fourth-order valence-electron chi connectivity index (χ4n) is 0. The Kier molecular flexibility index (Phi) is 30700. The molecule has 0 spiro atoms. The first-order valence-electron chi connectivity index (χ1n) is 2.00. The van der Waals surface area contributed by atoms with Crippen molar-refractivity contribution < 1.29 is 0 Å². The van der Waals surface area contributed by atoms with Crippen LogP contribution in [0.5, 0.6) is 0 Å². The first kappa shape index (κ1) is 35.6. The van der Waals surface area contributed by atoms with Gasteiger partial charge in [0.1, 0.15) is 0 Å². The third-order valence-electron chi connectivity index (χ3n) is 0. The van der Waals surface area contributed by atoms with Gasteiger partial charge in [0, 0.05) is 16.8 Å². The summed E-state index contributed by atoms with van der Waals surface area (Å²) in [7, 11) is 0. The molecule has 0 unspecified atom stereocenters. The highest BCUT2D eigenvalue weighted by atomic mass is 13.0. The second-order valence-electron chi connectivity index (χ2n) is 0. The van der Waals surface area contributed by atoms with Crippen LogP contribution in [0.1, 0.15) is 27.7 Å². The van der Waals surface area contributed by atoms with E-state index >= 15 is 0 Å². The number of hydrogen-bond acceptors (Lipinski definition) is 0. The lowest BCUT2D eigenvalue weighted by molar-refractivity contribution is 1.50. The van der Waals surface area contributed by atoms with Gasteiger partial charge in [0.25, 0.3) is 0 Å². The molecule has 6 heavy (non-hydrogen) atoms. The lowest BCUT2D eigenvalue weighted by Gasteiger charge is -1.07.